The molecule has 14 heteroatoms. The molecule has 2 aromatic rings. The lowest BCUT2D eigenvalue weighted by Crippen LogP contribution is -2.34. The Balaban J connectivity index is 1.63. The number of phosphoric ester groups is 1. The summed E-state index contributed by atoms with van der Waals surface area (Å²) in [5.41, 5.74) is 9.22. The van der Waals surface area contributed by atoms with Gasteiger partial charge in [0.05, 0.1) is 13.2 Å². The lowest BCUT2D eigenvalue weighted by atomic mass is 10.0. The summed E-state index contributed by atoms with van der Waals surface area (Å²) in [5, 5.41) is 8.92. The van der Waals surface area contributed by atoms with Gasteiger partial charge in [-0.15, -0.1) is 0 Å². The molecular formula is C47H80NO12P. The van der Waals surface area contributed by atoms with Crippen molar-refractivity contribution in [3.05, 3.63) is 45.8 Å². The Kier molecular flexibility index (Phi) is 28.3. The predicted octanol–water partition coefficient (Wildman–Crippen LogP) is 11.3. The van der Waals surface area contributed by atoms with Crippen LogP contribution in [-0.4, -0.2) is 59.9 Å². The van der Waals surface area contributed by atoms with Crippen LogP contribution in [0.5, 0.6) is 0 Å². The van der Waals surface area contributed by atoms with Gasteiger partial charge in [0.25, 0.3) is 0 Å². The third-order valence-corrected chi connectivity index (χ3v) is 12.1. The summed E-state index contributed by atoms with van der Waals surface area (Å²) in [5.74, 6) is 2.07. The Bertz CT molecular complexity index is 1570. The molecule has 0 radical (unpaired) electrons. The number of nitrogens with two attached hydrogens (primary N) is 1. The average Bonchev–Trinajstić information content (AvgIpc) is 3.71. The molecule has 2 rings (SSSR count). The van der Waals surface area contributed by atoms with Gasteiger partial charge in [0, 0.05) is 38.5 Å². The van der Waals surface area contributed by atoms with E-state index in [1.165, 1.54) is 42.4 Å². The topological polar surface area (TPSA) is 198 Å². The van der Waals surface area contributed by atoms with E-state index in [0.717, 1.165) is 139 Å². The maximum Gasteiger partial charge on any atom is 0.472 e. The standard InChI is InChI=1S/C47H80NO12P/c1-6-8-21-28-43-37(4)38(5)44(60-43)29-23-18-14-10-11-15-19-24-30-45(49)55-33-40(34-56-61(53,54)57-35-41(48)47(51)52)59-46(50)31-25-20-16-12-9-13-17-22-27-42-36(3)32-39(58-42)26-7-2/h32,40-41H,6-31,33-35,48H2,1-5H3,(H,51,52)(H,53,54). The first-order valence-electron chi connectivity index (χ1n) is 23.4. The molecule has 0 amide bonds. The van der Waals surface area contributed by atoms with Crippen molar-refractivity contribution in [3.63, 3.8) is 0 Å². The van der Waals surface area contributed by atoms with Crippen LogP contribution < -0.4 is 5.73 Å². The number of rotatable bonds is 38. The molecule has 0 fully saturated rings. The van der Waals surface area contributed by atoms with E-state index < -0.39 is 51.1 Å². The number of carboxylic acid groups (broad SMARTS) is 1. The minimum atomic E-state index is -4.74. The van der Waals surface area contributed by atoms with Crippen molar-refractivity contribution in [2.24, 2.45) is 5.73 Å². The van der Waals surface area contributed by atoms with Crippen molar-refractivity contribution in [1.82, 2.24) is 0 Å². The number of hydrogen-bond acceptors (Lipinski definition) is 11. The Labute approximate surface area is 366 Å². The first kappa shape index (κ1) is 54.2. The molecule has 0 saturated carbocycles. The lowest BCUT2D eigenvalue weighted by molar-refractivity contribution is -0.161. The highest BCUT2D eigenvalue weighted by Crippen LogP contribution is 2.43. The van der Waals surface area contributed by atoms with Crippen molar-refractivity contribution >= 4 is 25.7 Å². The summed E-state index contributed by atoms with van der Waals surface area (Å²) in [6, 6.07) is 0.625. The van der Waals surface area contributed by atoms with Crippen LogP contribution in [0.15, 0.2) is 14.9 Å². The zero-order valence-electron chi connectivity index (χ0n) is 38.2. The number of furan rings is 2. The van der Waals surface area contributed by atoms with Crippen molar-refractivity contribution in [2.45, 2.75) is 214 Å². The quantitative estimate of drug-likeness (QED) is 0.0327. The first-order chi connectivity index (χ1) is 29.3. The average molecular weight is 882 g/mol. The van der Waals surface area contributed by atoms with Crippen LogP contribution in [0.4, 0.5) is 0 Å². The maximum atomic E-state index is 12.7. The number of unbranched alkanes of at least 4 members (excludes halogenated alkanes) is 16. The minimum Gasteiger partial charge on any atom is -0.480 e. The van der Waals surface area contributed by atoms with Gasteiger partial charge in [0.15, 0.2) is 6.10 Å². The second-order valence-electron chi connectivity index (χ2n) is 16.7. The molecule has 0 aromatic carbocycles. The van der Waals surface area contributed by atoms with Gasteiger partial charge in [-0.1, -0.05) is 104 Å². The second kappa shape index (κ2) is 31.8. The molecule has 3 unspecified atom stereocenters. The van der Waals surface area contributed by atoms with Crippen LogP contribution in [0.1, 0.15) is 195 Å². The number of ether oxygens (including phenoxy) is 2. The summed E-state index contributed by atoms with van der Waals surface area (Å²) in [6.07, 6.45) is 24.1. The van der Waals surface area contributed by atoms with Gasteiger partial charge in [-0.25, -0.2) is 4.57 Å². The van der Waals surface area contributed by atoms with Gasteiger partial charge in [-0.05, 0) is 82.1 Å². The maximum absolute atomic E-state index is 12.7. The Hall–Kier alpha value is -2.96. The SMILES string of the molecule is CCCCCc1oc(CCCCCCCCCCC(=O)OCC(COP(=O)(O)OCC(N)C(=O)O)OC(=O)CCCCCCCCCCc2oc(CCC)cc2C)c(C)c1C. The Morgan fingerprint density at radius 1 is 0.623 bits per heavy atom. The third-order valence-electron chi connectivity index (χ3n) is 11.2. The Morgan fingerprint density at radius 2 is 1.10 bits per heavy atom. The zero-order chi connectivity index (χ0) is 44.9. The smallest absolute Gasteiger partial charge is 0.472 e. The largest absolute Gasteiger partial charge is 0.480 e. The summed E-state index contributed by atoms with van der Waals surface area (Å²) < 4.78 is 45.1. The number of aryl methyl sites for hydroxylation is 5. The van der Waals surface area contributed by atoms with Gasteiger partial charge in [0.1, 0.15) is 35.7 Å². The molecule has 4 N–H and O–H groups in total. The Morgan fingerprint density at radius 3 is 1.62 bits per heavy atom. The first-order valence-corrected chi connectivity index (χ1v) is 24.9. The highest BCUT2D eigenvalue weighted by Gasteiger charge is 2.28. The molecule has 0 aliphatic carbocycles. The van der Waals surface area contributed by atoms with Crippen LogP contribution >= 0.6 is 7.82 Å². The van der Waals surface area contributed by atoms with Gasteiger partial charge < -0.3 is 34.0 Å². The highest BCUT2D eigenvalue weighted by molar-refractivity contribution is 7.47. The van der Waals surface area contributed by atoms with Gasteiger partial charge in [-0.3, -0.25) is 23.4 Å². The zero-order valence-corrected chi connectivity index (χ0v) is 39.1. The second-order valence-corrected chi connectivity index (χ2v) is 18.1. The molecule has 2 heterocycles. The molecule has 0 aliphatic rings. The van der Waals surface area contributed by atoms with E-state index in [4.69, 9.17) is 33.7 Å². The highest BCUT2D eigenvalue weighted by atomic mass is 31.2. The fourth-order valence-electron chi connectivity index (χ4n) is 7.25. The van der Waals surface area contributed by atoms with E-state index in [1.807, 2.05) is 0 Å². The summed E-state index contributed by atoms with van der Waals surface area (Å²) in [4.78, 5) is 46.3. The fraction of sp³-hybridized carbons (Fsp3) is 0.766. The molecule has 0 bridgehead atoms. The summed E-state index contributed by atoms with van der Waals surface area (Å²) >= 11 is 0. The molecular weight excluding hydrogens is 801 g/mol. The predicted molar refractivity (Wildman–Crippen MR) is 238 cm³/mol. The van der Waals surface area contributed by atoms with Crippen molar-refractivity contribution in [3.8, 4) is 0 Å². The van der Waals surface area contributed by atoms with E-state index in [2.05, 4.69) is 45.2 Å². The number of carbonyl (C=O) groups is 3. The third kappa shape index (κ3) is 24.5. The van der Waals surface area contributed by atoms with E-state index >= 15 is 0 Å². The summed E-state index contributed by atoms with van der Waals surface area (Å²) in [6.45, 7) is 9.10. The van der Waals surface area contributed by atoms with E-state index in [0.29, 0.717) is 12.8 Å². The molecule has 0 saturated heterocycles. The van der Waals surface area contributed by atoms with Crippen molar-refractivity contribution < 1.29 is 56.3 Å². The van der Waals surface area contributed by atoms with Gasteiger partial charge >= 0.3 is 25.7 Å². The van der Waals surface area contributed by atoms with Crippen molar-refractivity contribution in [2.75, 3.05) is 19.8 Å². The van der Waals surface area contributed by atoms with Crippen LogP contribution in [0, 0.1) is 20.8 Å². The number of hydrogen-bond donors (Lipinski definition) is 3. The van der Waals surface area contributed by atoms with Crippen LogP contribution in [0.2, 0.25) is 0 Å². The van der Waals surface area contributed by atoms with E-state index in [1.54, 1.807) is 0 Å². The monoisotopic (exact) mass is 882 g/mol. The lowest BCUT2D eigenvalue weighted by Gasteiger charge is -2.20. The van der Waals surface area contributed by atoms with E-state index in [-0.39, 0.29) is 19.4 Å². The normalized spacial score (nSPS) is 13.6. The minimum absolute atomic E-state index is 0.136. The van der Waals surface area contributed by atoms with Crippen LogP contribution in [-0.2, 0) is 63.2 Å². The number of carboxylic acids is 1. The molecule has 0 spiro atoms. The van der Waals surface area contributed by atoms with Gasteiger partial charge in [-0.2, -0.15) is 0 Å². The molecule has 350 valence electrons. The molecule has 13 nitrogen and oxygen atoms in total. The van der Waals surface area contributed by atoms with E-state index in [9.17, 15) is 23.8 Å². The molecule has 61 heavy (non-hydrogen) atoms. The number of phosphoric acid groups is 1. The number of esters is 2. The molecule has 0 aliphatic heterocycles. The molecule has 3 atom stereocenters. The van der Waals surface area contributed by atoms with Gasteiger partial charge in [0.2, 0.25) is 0 Å². The number of aliphatic carboxylic acids is 1. The molecule has 2 aromatic heterocycles. The van der Waals surface area contributed by atoms with Crippen LogP contribution in [0.25, 0.3) is 0 Å². The van der Waals surface area contributed by atoms with Crippen LogP contribution in [0.3, 0.4) is 0 Å². The van der Waals surface area contributed by atoms with Crippen molar-refractivity contribution in [1.29, 1.82) is 0 Å². The fourth-order valence-corrected chi connectivity index (χ4v) is 8.03. The summed E-state index contributed by atoms with van der Waals surface area (Å²) in [7, 11) is -4.74. The number of carbonyl (C=O) groups excluding carboxylic acids is 2.